The molecule has 0 saturated carbocycles. The predicted octanol–water partition coefficient (Wildman–Crippen LogP) is 3.37. The molecule has 0 aliphatic heterocycles. The molecule has 5 nitrogen and oxygen atoms in total. The standard InChI is InChI=1S/C18H23N3O2S/c1-4-10-21(11-12-22)18(23)20-14(3)16-13(2)19-17(24-16)15-8-6-5-7-9-15/h4-9,14,22H,1,10-12H2,2-3H3,(H,20,23). The molecule has 24 heavy (non-hydrogen) atoms. The Bertz CT molecular complexity index is 685. The monoisotopic (exact) mass is 345 g/mol. The smallest absolute Gasteiger partial charge is 0.318 e. The summed E-state index contributed by atoms with van der Waals surface area (Å²) < 4.78 is 0. The molecule has 0 spiro atoms. The molecule has 0 aliphatic carbocycles. The van der Waals surface area contributed by atoms with Gasteiger partial charge in [-0.3, -0.25) is 0 Å². The first-order chi connectivity index (χ1) is 11.6. The van der Waals surface area contributed by atoms with Crippen molar-refractivity contribution in [3.8, 4) is 10.6 Å². The number of nitrogens with one attached hydrogen (secondary N) is 1. The third-order valence-corrected chi connectivity index (χ3v) is 4.98. The van der Waals surface area contributed by atoms with Gasteiger partial charge in [-0.2, -0.15) is 0 Å². The van der Waals surface area contributed by atoms with Crippen LogP contribution < -0.4 is 5.32 Å². The second-order valence-corrected chi connectivity index (χ2v) is 6.49. The van der Waals surface area contributed by atoms with Crippen LogP contribution in [0.2, 0.25) is 0 Å². The number of aliphatic hydroxyl groups excluding tert-OH is 1. The summed E-state index contributed by atoms with van der Waals surface area (Å²) in [6.07, 6.45) is 1.64. The highest BCUT2D eigenvalue weighted by molar-refractivity contribution is 7.15. The Morgan fingerprint density at radius 3 is 2.79 bits per heavy atom. The highest BCUT2D eigenvalue weighted by Gasteiger charge is 2.19. The number of aromatic nitrogens is 1. The number of rotatable bonds is 7. The molecule has 0 radical (unpaired) electrons. The van der Waals surface area contributed by atoms with Crippen LogP contribution in [0.25, 0.3) is 10.6 Å². The number of nitrogens with zero attached hydrogens (tertiary/aromatic N) is 2. The summed E-state index contributed by atoms with van der Waals surface area (Å²) >= 11 is 1.59. The normalized spacial score (nSPS) is 11.8. The van der Waals surface area contributed by atoms with E-state index in [1.807, 2.05) is 44.2 Å². The van der Waals surface area contributed by atoms with Crippen LogP contribution in [0.1, 0.15) is 23.5 Å². The van der Waals surface area contributed by atoms with Crippen molar-refractivity contribution in [2.75, 3.05) is 19.7 Å². The van der Waals surface area contributed by atoms with Gasteiger partial charge >= 0.3 is 6.03 Å². The van der Waals surface area contributed by atoms with E-state index in [0.29, 0.717) is 6.54 Å². The quantitative estimate of drug-likeness (QED) is 0.756. The first kappa shape index (κ1) is 18.2. The SMILES string of the molecule is C=CCN(CCO)C(=O)NC(C)c1sc(-c2ccccc2)nc1C. The Hall–Kier alpha value is -2.18. The number of thiazole rings is 1. The Morgan fingerprint density at radius 1 is 1.46 bits per heavy atom. The van der Waals surface area contributed by atoms with Crippen LogP contribution in [0.15, 0.2) is 43.0 Å². The van der Waals surface area contributed by atoms with E-state index in [2.05, 4.69) is 16.9 Å². The number of urea groups is 1. The van der Waals surface area contributed by atoms with Crippen molar-refractivity contribution in [1.29, 1.82) is 0 Å². The molecule has 0 saturated heterocycles. The van der Waals surface area contributed by atoms with Crippen molar-refractivity contribution in [2.45, 2.75) is 19.9 Å². The molecular weight excluding hydrogens is 322 g/mol. The molecular formula is C18H23N3O2S. The predicted molar refractivity (Wildman–Crippen MR) is 98.1 cm³/mol. The molecule has 2 N–H and O–H groups in total. The number of benzene rings is 1. The minimum Gasteiger partial charge on any atom is -0.395 e. The highest BCUT2D eigenvalue weighted by Crippen LogP contribution is 2.31. The lowest BCUT2D eigenvalue weighted by molar-refractivity contribution is 0.181. The van der Waals surface area contributed by atoms with E-state index < -0.39 is 0 Å². The Labute approximate surface area is 146 Å². The van der Waals surface area contributed by atoms with Crippen LogP contribution >= 0.6 is 11.3 Å². The van der Waals surface area contributed by atoms with E-state index in [4.69, 9.17) is 5.11 Å². The summed E-state index contributed by atoms with van der Waals surface area (Å²) in [5.74, 6) is 0. The van der Waals surface area contributed by atoms with E-state index >= 15 is 0 Å². The maximum atomic E-state index is 12.3. The molecule has 2 rings (SSSR count). The van der Waals surface area contributed by atoms with Crippen LogP contribution in [-0.4, -0.2) is 40.7 Å². The lowest BCUT2D eigenvalue weighted by Crippen LogP contribution is -2.42. The topological polar surface area (TPSA) is 65.5 Å². The van der Waals surface area contributed by atoms with Crippen molar-refractivity contribution < 1.29 is 9.90 Å². The van der Waals surface area contributed by atoms with Gasteiger partial charge in [0.15, 0.2) is 0 Å². The second kappa shape index (κ2) is 8.61. The summed E-state index contributed by atoms with van der Waals surface area (Å²) in [6, 6.07) is 9.63. The summed E-state index contributed by atoms with van der Waals surface area (Å²) in [4.78, 5) is 19.5. The number of carbonyl (C=O) groups is 1. The highest BCUT2D eigenvalue weighted by atomic mass is 32.1. The van der Waals surface area contributed by atoms with E-state index in [1.165, 1.54) is 4.90 Å². The Morgan fingerprint density at radius 2 is 2.17 bits per heavy atom. The van der Waals surface area contributed by atoms with Gasteiger partial charge in [-0.15, -0.1) is 17.9 Å². The van der Waals surface area contributed by atoms with Gasteiger partial charge in [0.1, 0.15) is 5.01 Å². The van der Waals surface area contributed by atoms with Gasteiger partial charge in [-0.25, -0.2) is 9.78 Å². The Balaban J connectivity index is 2.12. The van der Waals surface area contributed by atoms with Gasteiger partial charge < -0.3 is 15.3 Å². The van der Waals surface area contributed by atoms with Gasteiger partial charge in [0.2, 0.25) is 0 Å². The first-order valence-corrected chi connectivity index (χ1v) is 8.68. The van der Waals surface area contributed by atoms with E-state index in [1.54, 1.807) is 17.4 Å². The fourth-order valence-electron chi connectivity index (χ4n) is 2.41. The van der Waals surface area contributed by atoms with E-state index in [9.17, 15) is 4.79 Å². The molecule has 1 heterocycles. The molecule has 6 heteroatoms. The summed E-state index contributed by atoms with van der Waals surface area (Å²) in [5, 5.41) is 13.0. The zero-order valence-electron chi connectivity index (χ0n) is 14.0. The van der Waals surface area contributed by atoms with Crippen molar-refractivity contribution in [3.63, 3.8) is 0 Å². The van der Waals surface area contributed by atoms with Crippen LogP contribution in [-0.2, 0) is 0 Å². The lowest BCUT2D eigenvalue weighted by Gasteiger charge is -2.23. The van der Waals surface area contributed by atoms with Gasteiger partial charge in [-0.1, -0.05) is 36.4 Å². The maximum Gasteiger partial charge on any atom is 0.318 e. The number of aryl methyl sites for hydroxylation is 1. The average molecular weight is 345 g/mol. The molecule has 1 unspecified atom stereocenters. The number of amides is 2. The largest absolute Gasteiger partial charge is 0.395 e. The lowest BCUT2D eigenvalue weighted by atomic mass is 10.2. The number of hydrogen-bond donors (Lipinski definition) is 2. The van der Waals surface area contributed by atoms with Crippen molar-refractivity contribution in [1.82, 2.24) is 15.2 Å². The molecule has 0 aliphatic rings. The summed E-state index contributed by atoms with van der Waals surface area (Å²) in [5.41, 5.74) is 1.99. The van der Waals surface area contributed by atoms with Crippen LogP contribution in [0.5, 0.6) is 0 Å². The third kappa shape index (κ3) is 4.43. The number of hydrogen-bond acceptors (Lipinski definition) is 4. The van der Waals surface area contributed by atoms with Crippen LogP contribution in [0, 0.1) is 6.92 Å². The summed E-state index contributed by atoms with van der Waals surface area (Å²) in [7, 11) is 0. The Kier molecular flexibility index (Phi) is 6.52. The molecule has 1 aromatic carbocycles. The van der Waals surface area contributed by atoms with Gasteiger partial charge in [0.05, 0.1) is 23.2 Å². The van der Waals surface area contributed by atoms with Crippen LogP contribution in [0.3, 0.4) is 0 Å². The summed E-state index contributed by atoms with van der Waals surface area (Å²) in [6.45, 7) is 8.14. The first-order valence-electron chi connectivity index (χ1n) is 7.86. The average Bonchev–Trinajstić information content (AvgIpc) is 2.97. The minimum atomic E-state index is -0.217. The van der Waals surface area contributed by atoms with E-state index in [-0.39, 0.29) is 25.2 Å². The van der Waals surface area contributed by atoms with Crippen molar-refractivity contribution in [3.05, 3.63) is 53.6 Å². The number of carbonyl (C=O) groups excluding carboxylic acids is 1. The zero-order chi connectivity index (χ0) is 17.5. The van der Waals surface area contributed by atoms with Gasteiger partial charge in [0.25, 0.3) is 0 Å². The van der Waals surface area contributed by atoms with Crippen molar-refractivity contribution in [2.24, 2.45) is 0 Å². The minimum absolute atomic E-state index is 0.0760. The molecule has 1 aromatic heterocycles. The molecule has 128 valence electrons. The molecule has 2 aromatic rings. The van der Waals surface area contributed by atoms with E-state index in [0.717, 1.165) is 21.1 Å². The van der Waals surface area contributed by atoms with Crippen LogP contribution in [0.4, 0.5) is 4.79 Å². The molecule has 1 atom stereocenters. The number of aliphatic hydroxyl groups is 1. The fourth-order valence-corrected chi connectivity index (χ4v) is 3.48. The maximum absolute atomic E-state index is 12.3. The fraction of sp³-hybridized carbons (Fsp3) is 0.333. The molecule has 0 fully saturated rings. The van der Waals surface area contributed by atoms with Crippen molar-refractivity contribution >= 4 is 17.4 Å². The molecule has 0 bridgehead atoms. The second-order valence-electron chi connectivity index (χ2n) is 5.46. The van der Waals surface area contributed by atoms with Gasteiger partial charge in [-0.05, 0) is 13.8 Å². The molecule has 2 amide bonds. The van der Waals surface area contributed by atoms with Gasteiger partial charge in [0, 0.05) is 18.7 Å². The third-order valence-electron chi connectivity index (χ3n) is 3.59. The zero-order valence-corrected chi connectivity index (χ0v) is 14.8.